The van der Waals surface area contributed by atoms with Gasteiger partial charge in [-0.1, -0.05) is 11.8 Å². The summed E-state index contributed by atoms with van der Waals surface area (Å²) in [5.74, 6) is 6.75. The molecule has 0 rings (SSSR count). The predicted molar refractivity (Wildman–Crippen MR) is 47.0 cm³/mol. The third-order valence-electron chi connectivity index (χ3n) is 0.283. The maximum atomic E-state index is 3.85. The zero-order valence-corrected chi connectivity index (χ0v) is 11.1. The fourth-order valence-electron chi connectivity index (χ4n) is 0.112. The van der Waals surface area contributed by atoms with E-state index in [1.807, 2.05) is 0 Å². The molecule has 0 aromatic carbocycles. The molecule has 0 fully saturated rings. The van der Waals surface area contributed by atoms with Gasteiger partial charge in [0.2, 0.25) is 0 Å². The van der Waals surface area contributed by atoms with Crippen LogP contribution in [0.1, 0.15) is 0 Å². The molecule has 0 aromatic heterocycles. The summed E-state index contributed by atoms with van der Waals surface area (Å²) in [6.45, 7) is 0. The van der Waals surface area contributed by atoms with E-state index in [0.29, 0.717) is 11.5 Å². The molecule has 4 heteroatoms. The second-order valence-electron chi connectivity index (χ2n) is 0.670. The molecule has 0 heterocycles. The van der Waals surface area contributed by atoms with Crippen LogP contribution in [0.4, 0.5) is 0 Å². The molecule has 0 aliphatic heterocycles. The predicted octanol–water partition coefficient (Wildman–Crippen LogP) is 0.0878. The van der Waals surface area contributed by atoms with E-state index in [2.05, 4.69) is 37.1 Å². The van der Waals surface area contributed by atoms with Crippen molar-refractivity contribution < 1.29 is 0 Å². The first-order valence-electron chi connectivity index (χ1n) is 1.59. The minimum Gasteiger partial charge on any atom is -0.166 e. The fraction of sp³-hybridized carbons (Fsp3) is 0.500. The van der Waals surface area contributed by atoms with Gasteiger partial charge in [-0.15, -0.1) is 0 Å². The summed E-state index contributed by atoms with van der Waals surface area (Å²) < 4.78 is 0. The van der Waals surface area contributed by atoms with Crippen molar-refractivity contribution >= 4 is 84.4 Å². The molecule has 8 heavy (non-hydrogen) atoms. The van der Waals surface area contributed by atoms with Crippen LogP contribution < -0.4 is 0 Å². The summed E-state index contributed by atoms with van der Waals surface area (Å²) in [7, 11) is 0. The van der Waals surface area contributed by atoms with Crippen molar-refractivity contribution in [3.8, 4) is 11.8 Å². The van der Waals surface area contributed by atoms with Gasteiger partial charge in [0.05, 0.1) is 11.5 Å². The van der Waals surface area contributed by atoms with Crippen molar-refractivity contribution in [2.75, 3.05) is 11.5 Å². The molecule has 0 amide bonds. The van der Waals surface area contributed by atoms with Gasteiger partial charge in [0.15, 0.2) is 0 Å². The van der Waals surface area contributed by atoms with Crippen LogP contribution in [-0.4, -0.2) is 70.6 Å². The minimum atomic E-state index is 0. The second kappa shape index (κ2) is 16.1. The van der Waals surface area contributed by atoms with Crippen molar-refractivity contribution in [2.45, 2.75) is 0 Å². The third-order valence-corrected chi connectivity index (χ3v) is 0.599. The van der Waals surface area contributed by atoms with Crippen molar-refractivity contribution in [3.05, 3.63) is 0 Å². The number of hydrogen-bond acceptors (Lipinski definition) is 2. The van der Waals surface area contributed by atoms with Crippen LogP contribution in [0.25, 0.3) is 0 Å². The zero-order chi connectivity index (χ0) is 4.83. The van der Waals surface area contributed by atoms with E-state index in [-0.39, 0.29) is 59.1 Å². The standard InChI is InChI=1S/C4H6S2.2Na/c5-3-1-2-4-6;;/h5-6H,3-4H2;;. The van der Waals surface area contributed by atoms with Gasteiger partial charge in [-0.05, 0) is 0 Å². The molecule has 0 saturated heterocycles. The Morgan fingerprint density at radius 1 is 0.875 bits per heavy atom. The Morgan fingerprint density at radius 3 is 1.25 bits per heavy atom. The Bertz CT molecular complexity index is 65.8. The van der Waals surface area contributed by atoms with Crippen LogP contribution in [0.3, 0.4) is 0 Å². The molecule has 0 saturated carbocycles. The molecule has 36 valence electrons. The van der Waals surface area contributed by atoms with Gasteiger partial charge in [0.1, 0.15) is 0 Å². The van der Waals surface area contributed by atoms with E-state index in [9.17, 15) is 0 Å². The summed E-state index contributed by atoms with van der Waals surface area (Å²) in [5, 5.41) is 0. The molecule has 0 aromatic rings. The SMILES string of the molecule is SCC#CCS.[Na].[Na]. The molecule has 0 bridgehead atoms. The summed E-state index contributed by atoms with van der Waals surface area (Å²) in [6.07, 6.45) is 0. The monoisotopic (exact) mass is 164 g/mol. The molecule has 0 spiro atoms. The molecule has 0 nitrogen and oxygen atoms in total. The minimum absolute atomic E-state index is 0. The first-order valence-corrected chi connectivity index (χ1v) is 2.85. The summed E-state index contributed by atoms with van der Waals surface area (Å²) in [5.41, 5.74) is 0. The molecule has 0 atom stereocenters. The Morgan fingerprint density at radius 2 is 1.12 bits per heavy atom. The Balaban J connectivity index is -0.000000125. The van der Waals surface area contributed by atoms with Gasteiger partial charge in [-0.3, -0.25) is 0 Å². The molecule has 0 aliphatic rings. The quantitative estimate of drug-likeness (QED) is 0.283. The molecule has 2 radical (unpaired) electrons. The van der Waals surface area contributed by atoms with Crippen molar-refractivity contribution in [1.82, 2.24) is 0 Å². The number of rotatable bonds is 0. The van der Waals surface area contributed by atoms with Crippen LogP contribution in [0.2, 0.25) is 0 Å². The topological polar surface area (TPSA) is 0 Å². The number of thiol groups is 2. The molecular formula is C4H6Na2S2. The van der Waals surface area contributed by atoms with Gasteiger partial charge < -0.3 is 0 Å². The molecule has 0 aliphatic carbocycles. The Labute approximate surface area is 106 Å². The first-order chi connectivity index (χ1) is 2.91. The third kappa shape index (κ3) is 15.7. The molecular weight excluding hydrogens is 158 g/mol. The van der Waals surface area contributed by atoms with Gasteiger partial charge in [-0.25, -0.2) is 0 Å². The zero-order valence-electron chi connectivity index (χ0n) is 5.31. The van der Waals surface area contributed by atoms with E-state index < -0.39 is 0 Å². The average Bonchev–Trinajstić information content (AvgIpc) is 1.61. The van der Waals surface area contributed by atoms with Crippen LogP contribution in [0, 0.1) is 11.8 Å². The van der Waals surface area contributed by atoms with E-state index in [1.165, 1.54) is 0 Å². The number of hydrogen-bond donors (Lipinski definition) is 2. The van der Waals surface area contributed by atoms with Gasteiger partial charge in [0, 0.05) is 59.1 Å². The first kappa shape index (κ1) is 16.7. The van der Waals surface area contributed by atoms with Crippen LogP contribution >= 0.6 is 25.3 Å². The van der Waals surface area contributed by atoms with Crippen molar-refractivity contribution in [1.29, 1.82) is 0 Å². The van der Waals surface area contributed by atoms with Crippen LogP contribution in [0.15, 0.2) is 0 Å². The maximum absolute atomic E-state index is 3.85. The van der Waals surface area contributed by atoms with Crippen molar-refractivity contribution in [3.63, 3.8) is 0 Å². The summed E-state index contributed by atoms with van der Waals surface area (Å²) in [6, 6.07) is 0. The largest absolute Gasteiger partial charge is 0.166 e. The van der Waals surface area contributed by atoms with Gasteiger partial charge >= 0.3 is 0 Å². The fourth-order valence-corrected chi connectivity index (χ4v) is 0.335. The smallest absolute Gasteiger partial charge is 0.0517 e. The van der Waals surface area contributed by atoms with E-state index in [1.54, 1.807) is 0 Å². The van der Waals surface area contributed by atoms with Crippen LogP contribution in [0.5, 0.6) is 0 Å². The maximum Gasteiger partial charge on any atom is 0.0517 e. The summed E-state index contributed by atoms with van der Waals surface area (Å²) in [4.78, 5) is 0. The van der Waals surface area contributed by atoms with E-state index in [0.717, 1.165) is 0 Å². The Kier molecular flexibility index (Phi) is 33.6. The summed E-state index contributed by atoms with van der Waals surface area (Å²) >= 11 is 7.69. The Hall–Kier alpha value is 2.26. The van der Waals surface area contributed by atoms with Gasteiger partial charge in [-0.2, -0.15) is 25.3 Å². The van der Waals surface area contributed by atoms with Gasteiger partial charge in [0.25, 0.3) is 0 Å². The van der Waals surface area contributed by atoms with Crippen LogP contribution in [-0.2, 0) is 0 Å². The normalized spacial score (nSPS) is 4.75. The van der Waals surface area contributed by atoms with Crippen molar-refractivity contribution in [2.24, 2.45) is 0 Å². The molecule has 0 N–H and O–H groups in total. The van der Waals surface area contributed by atoms with E-state index >= 15 is 0 Å². The van der Waals surface area contributed by atoms with E-state index in [4.69, 9.17) is 0 Å². The molecule has 0 unspecified atom stereocenters. The second-order valence-corrected chi connectivity index (χ2v) is 1.30. The average molecular weight is 164 g/mol.